The maximum atomic E-state index is 13.4. The number of ether oxygens (including phenoxy) is 1. The maximum Gasteiger partial charge on any atom is 0.433 e. The first-order chi connectivity index (χ1) is 15.8. The number of nitrogens with zero attached hydrogens (tertiary/aromatic N) is 2. The Morgan fingerprint density at radius 2 is 1.73 bits per heavy atom. The third kappa shape index (κ3) is 5.05. The van der Waals surface area contributed by atoms with Crippen LogP contribution in [0.15, 0.2) is 54.6 Å². The van der Waals surface area contributed by atoms with Gasteiger partial charge in [0.05, 0.1) is 12.6 Å². The molecule has 1 aliphatic carbocycles. The molecule has 0 radical (unpaired) electrons. The molecule has 174 valence electrons. The second kappa shape index (κ2) is 9.29. The van der Waals surface area contributed by atoms with Gasteiger partial charge in [0.25, 0.3) is 5.91 Å². The van der Waals surface area contributed by atoms with Gasteiger partial charge in [-0.2, -0.15) is 13.2 Å². The van der Waals surface area contributed by atoms with Gasteiger partial charge in [0.1, 0.15) is 11.4 Å². The van der Waals surface area contributed by atoms with Crippen molar-refractivity contribution in [2.45, 2.75) is 43.9 Å². The Morgan fingerprint density at radius 1 is 1.06 bits per heavy atom. The summed E-state index contributed by atoms with van der Waals surface area (Å²) in [6.45, 7) is 0. The van der Waals surface area contributed by atoms with E-state index in [1.165, 1.54) is 0 Å². The second-order valence-corrected chi connectivity index (χ2v) is 8.36. The lowest BCUT2D eigenvalue weighted by Crippen LogP contribution is -2.43. The van der Waals surface area contributed by atoms with Crippen LogP contribution in [0.1, 0.15) is 41.7 Å². The Hall–Kier alpha value is -3.29. The molecule has 8 heteroatoms. The summed E-state index contributed by atoms with van der Waals surface area (Å²) < 4.78 is 45.4. The number of methoxy groups -OCH3 is 1. The molecule has 0 atom stereocenters. The summed E-state index contributed by atoms with van der Waals surface area (Å²) in [7, 11) is 3.41. The molecule has 1 fully saturated rings. The van der Waals surface area contributed by atoms with Gasteiger partial charge < -0.3 is 15.0 Å². The van der Waals surface area contributed by atoms with Gasteiger partial charge >= 0.3 is 6.18 Å². The van der Waals surface area contributed by atoms with Gasteiger partial charge in [0.2, 0.25) is 0 Å². The molecule has 2 aromatic carbocycles. The molecular weight excluding hydrogens is 431 g/mol. The third-order valence-electron chi connectivity index (χ3n) is 6.30. The summed E-state index contributed by atoms with van der Waals surface area (Å²) in [6, 6.07) is 15.1. The van der Waals surface area contributed by atoms with Crippen LogP contribution in [-0.4, -0.2) is 37.1 Å². The molecule has 1 amide bonds. The van der Waals surface area contributed by atoms with E-state index in [9.17, 15) is 18.0 Å². The fraction of sp³-hybridized carbons (Fsp3) is 0.360. The summed E-state index contributed by atoms with van der Waals surface area (Å²) in [5, 5.41) is 3.77. The van der Waals surface area contributed by atoms with Crippen LogP contribution in [0.2, 0.25) is 0 Å². The molecule has 1 saturated carbocycles. The van der Waals surface area contributed by atoms with E-state index >= 15 is 0 Å². The number of hydrogen-bond acceptors (Lipinski definition) is 4. The number of fused-ring (bicyclic) bond motifs is 1. The standard InChI is InChI=1S/C25H26F3N3O2/c1-31(22-15-23(25(26,27)28)30-21-6-4-3-5-20(21)22)18-11-9-17(10-12-18)29-24(32)16-7-13-19(33-2)14-8-16/h3-8,13-15,17-18H,9-12H2,1-2H3,(H,29,32)/t17-,18+. The third-order valence-corrected chi connectivity index (χ3v) is 6.30. The summed E-state index contributed by atoms with van der Waals surface area (Å²) >= 11 is 0. The van der Waals surface area contributed by atoms with Crippen LogP contribution in [0.4, 0.5) is 18.9 Å². The molecule has 0 bridgehead atoms. The Labute approximate surface area is 190 Å². The largest absolute Gasteiger partial charge is 0.497 e. The van der Waals surface area contributed by atoms with Crippen LogP contribution < -0.4 is 15.0 Å². The van der Waals surface area contributed by atoms with Gasteiger partial charge in [-0.15, -0.1) is 0 Å². The van der Waals surface area contributed by atoms with E-state index in [0.717, 1.165) is 31.7 Å². The quantitative estimate of drug-likeness (QED) is 0.554. The van der Waals surface area contributed by atoms with E-state index in [1.807, 2.05) is 11.9 Å². The first-order valence-electron chi connectivity index (χ1n) is 10.9. The van der Waals surface area contributed by atoms with Crippen molar-refractivity contribution >= 4 is 22.5 Å². The zero-order chi connectivity index (χ0) is 23.6. The number of anilines is 1. The van der Waals surface area contributed by atoms with Crippen LogP contribution in [0.3, 0.4) is 0 Å². The van der Waals surface area contributed by atoms with Crippen molar-refractivity contribution in [1.82, 2.24) is 10.3 Å². The number of rotatable bonds is 5. The minimum atomic E-state index is -4.51. The van der Waals surface area contributed by atoms with E-state index in [1.54, 1.807) is 55.6 Å². The number of hydrogen-bond donors (Lipinski definition) is 1. The van der Waals surface area contributed by atoms with Crippen LogP contribution in [-0.2, 0) is 6.18 Å². The van der Waals surface area contributed by atoms with Crippen molar-refractivity contribution in [3.63, 3.8) is 0 Å². The van der Waals surface area contributed by atoms with Gasteiger partial charge in [-0.1, -0.05) is 18.2 Å². The first-order valence-corrected chi connectivity index (χ1v) is 10.9. The number of carbonyl (C=O) groups is 1. The van der Waals surface area contributed by atoms with Gasteiger partial charge in [-0.25, -0.2) is 4.98 Å². The average molecular weight is 457 g/mol. The number of benzene rings is 2. The van der Waals surface area contributed by atoms with Crippen molar-refractivity contribution in [2.24, 2.45) is 0 Å². The zero-order valence-electron chi connectivity index (χ0n) is 18.5. The van der Waals surface area contributed by atoms with Gasteiger partial charge in [0.15, 0.2) is 0 Å². The average Bonchev–Trinajstić information content (AvgIpc) is 2.83. The summed E-state index contributed by atoms with van der Waals surface area (Å²) in [4.78, 5) is 18.3. The number of halogens is 3. The number of carbonyl (C=O) groups excluding carboxylic acids is 1. The molecule has 3 aromatic rings. The lowest BCUT2D eigenvalue weighted by Gasteiger charge is -2.37. The predicted molar refractivity (Wildman–Crippen MR) is 122 cm³/mol. The normalized spacial score (nSPS) is 18.7. The predicted octanol–water partition coefficient (Wildman–Crippen LogP) is 5.44. The van der Waals surface area contributed by atoms with Crippen LogP contribution in [0, 0.1) is 0 Å². The maximum absolute atomic E-state index is 13.4. The topological polar surface area (TPSA) is 54.5 Å². The van der Waals surface area contributed by atoms with Crippen LogP contribution in [0.5, 0.6) is 5.75 Å². The zero-order valence-corrected chi connectivity index (χ0v) is 18.5. The summed E-state index contributed by atoms with van der Waals surface area (Å²) in [5.74, 6) is 0.553. The van der Waals surface area contributed by atoms with Crippen molar-refractivity contribution < 1.29 is 22.7 Å². The van der Waals surface area contributed by atoms with Gasteiger partial charge in [-0.3, -0.25) is 4.79 Å². The van der Waals surface area contributed by atoms with Crippen LogP contribution >= 0.6 is 0 Å². The molecular formula is C25H26F3N3O2. The first kappa shape index (κ1) is 22.9. The van der Waals surface area contributed by atoms with Crippen LogP contribution in [0.25, 0.3) is 10.9 Å². The molecule has 0 aliphatic heterocycles. The number of pyridine rings is 1. The molecule has 4 rings (SSSR count). The molecule has 0 saturated heterocycles. The number of amides is 1. The Morgan fingerprint density at radius 3 is 2.36 bits per heavy atom. The van der Waals surface area contributed by atoms with E-state index in [-0.39, 0.29) is 18.0 Å². The molecule has 33 heavy (non-hydrogen) atoms. The number of alkyl halides is 3. The minimum Gasteiger partial charge on any atom is -0.497 e. The highest BCUT2D eigenvalue weighted by atomic mass is 19.4. The monoisotopic (exact) mass is 457 g/mol. The second-order valence-electron chi connectivity index (χ2n) is 8.36. The van der Waals surface area contributed by atoms with Crippen molar-refractivity contribution in [3.05, 3.63) is 65.9 Å². The van der Waals surface area contributed by atoms with Gasteiger partial charge in [-0.05, 0) is 62.1 Å². The van der Waals surface area contributed by atoms with Crippen molar-refractivity contribution in [2.75, 3.05) is 19.1 Å². The highest BCUT2D eigenvalue weighted by Gasteiger charge is 2.34. The molecule has 1 aromatic heterocycles. The van der Waals surface area contributed by atoms with Crippen molar-refractivity contribution in [1.29, 1.82) is 0 Å². The number of aromatic nitrogens is 1. The Bertz CT molecular complexity index is 1120. The van der Waals surface area contributed by atoms with E-state index in [0.29, 0.717) is 27.9 Å². The molecule has 1 N–H and O–H groups in total. The SMILES string of the molecule is COc1ccc(C(=O)N[C@H]2CC[C@@H](N(C)c3cc(C(F)(F)F)nc4ccccc34)CC2)cc1. The highest BCUT2D eigenvalue weighted by Crippen LogP contribution is 2.36. The number of nitrogens with one attached hydrogen (secondary N) is 1. The smallest absolute Gasteiger partial charge is 0.433 e. The van der Waals surface area contributed by atoms with E-state index in [4.69, 9.17) is 4.74 Å². The molecule has 0 spiro atoms. The molecule has 1 aliphatic rings. The Kier molecular flexibility index (Phi) is 6.44. The fourth-order valence-corrected chi connectivity index (χ4v) is 4.41. The lowest BCUT2D eigenvalue weighted by atomic mass is 9.89. The lowest BCUT2D eigenvalue weighted by molar-refractivity contribution is -0.140. The number of para-hydroxylation sites is 1. The minimum absolute atomic E-state index is 0.0316. The molecule has 0 unspecified atom stereocenters. The fourth-order valence-electron chi connectivity index (χ4n) is 4.41. The Balaban J connectivity index is 1.44. The van der Waals surface area contributed by atoms with Gasteiger partial charge in [0, 0.05) is 35.8 Å². The molecule has 5 nitrogen and oxygen atoms in total. The molecule has 1 heterocycles. The summed E-state index contributed by atoms with van der Waals surface area (Å²) in [6.07, 6.45) is -1.47. The van der Waals surface area contributed by atoms with E-state index < -0.39 is 11.9 Å². The highest BCUT2D eigenvalue weighted by molar-refractivity contribution is 5.94. The van der Waals surface area contributed by atoms with Crippen molar-refractivity contribution in [3.8, 4) is 5.75 Å². The van der Waals surface area contributed by atoms with E-state index in [2.05, 4.69) is 10.3 Å². The summed E-state index contributed by atoms with van der Waals surface area (Å²) in [5.41, 5.74) is 0.537.